The van der Waals surface area contributed by atoms with Gasteiger partial charge in [-0.1, -0.05) is 12.1 Å². The molecular weight excluding hydrogens is 253 g/mol. The molecule has 0 radical (unpaired) electrons. The Hall–Kier alpha value is -1.75. The first kappa shape index (κ1) is 11.3. The average Bonchev–Trinajstić information content (AvgIpc) is 3.12. The molecule has 3 rings (SSSR count). The van der Waals surface area contributed by atoms with E-state index in [4.69, 9.17) is 0 Å². The molecule has 1 aromatic heterocycles. The van der Waals surface area contributed by atoms with Crippen molar-refractivity contribution in [2.75, 3.05) is 0 Å². The topological polar surface area (TPSA) is 50.2 Å². The molecule has 5 heteroatoms. The Kier molecular flexibility index (Phi) is 2.63. The number of thiazole rings is 1. The summed E-state index contributed by atoms with van der Waals surface area (Å²) >= 11 is 1.12. The molecule has 0 bridgehead atoms. The zero-order valence-corrected chi connectivity index (χ0v) is 10.2. The molecule has 2 aromatic rings. The van der Waals surface area contributed by atoms with Gasteiger partial charge in [0.2, 0.25) is 5.88 Å². The van der Waals surface area contributed by atoms with Gasteiger partial charge in [-0.15, -0.1) is 11.3 Å². The van der Waals surface area contributed by atoms with E-state index in [2.05, 4.69) is 4.98 Å². The average molecular weight is 263 g/mol. The zero-order valence-electron chi connectivity index (χ0n) is 9.39. The van der Waals surface area contributed by atoms with Crippen LogP contribution in [0.1, 0.15) is 22.5 Å². The third-order valence-electron chi connectivity index (χ3n) is 2.85. The van der Waals surface area contributed by atoms with Gasteiger partial charge in [-0.25, -0.2) is 9.37 Å². The van der Waals surface area contributed by atoms with E-state index in [0.717, 1.165) is 24.2 Å². The first-order valence-corrected chi connectivity index (χ1v) is 6.47. The number of aromatic nitrogens is 1. The molecule has 0 atom stereocenters. The van der Waals surface area contributed by atoms with E-state index < -0.39 is 0 Å². The van der Waals surface area contributed by atoms with Crippen LogP contribution in [-0.4, -0.2) is 15.9 Å². The third-order valence-corrected chi connectivity index (χ3v) is 3.96. The van der Waals surface area contributed by atoms with Gasteiger partial charge in [0.15, 0.2) is 5.78 Å². The third kappa shape index (κ3) is 2.01. The lowest BCUT2D eigenvalue weighted by Gasteiger charge is -1.94. The van der Waals surface area contributed by atoms with Crippen LogP contribution in [0.3, 0.4) is 0 Å². The number of nitrogens with zero attached hydrogens (tertiary/aromatic N) is 1. The highest BCUT2D eigenvalue weighted by Crippen LogP contribution is 2.39. The minimum absolute atomic E-state index is 0.0386. The van der Waals surface area contributed by atoms with Crippen LogP contribution in [-0.2, 0) is 0 Å². The fourth-order valence-corrected chi connectivity index (χ4v) is 2.72. The van der Waals surface area contributed by atoms with Gasteiger partial charge in [0.05, 0.1) is 0 Å². The Labute approximate surface area is 107 Å². The monoisotopic (exact) mass is 263 g/mol. The Morgan fingerprint density at radius 3 is 2.89 bits per heavy atom. The van der Waals surface area contributed by atoms with Gasteiger partial charge in [0.1, 0.15) is 15.7 Å². The summed E-state index contributed by atoms with van der Waals surface area (Å²) in [6, 6.07) is 5.95. The van der Waals surface area contributed by atoms with E-state index >= 15 is 0 Å². The number of carbonyl (C=O) groups excluding carboxylic acids is 1. The van der Waals surface area contributed by atoms with Crippen LogP contribution in [0.5, 0.6) is 5.88 Å². The molecular formula is C13H10FNO2S. The summed E-state index contributed by atoms with van der Waals surface area (Å²) in [5.74, 6) is -0.613. The maximum Gasteiger partial charge on any atom is 0.233 e. The lowest BCUT2D eigenvalue weighted by Crippen LogP contribution is -1.97. The fourth-order valence-electron chi connectivity index (χ4n) is 1.75. The highest BCUT2D eigenvalue weighted by atomic mass is 32.1. The standard InChI is InChI=1S/C13H10FNO2S/c14-9-3-1-2-8(6-9)13-15-12(17)11(18-13)10(16)7-4-5-7/h1-3,6-7,17H,4-5H2. The number of hydrogen-bond acceptors (Lipinski definition) is 4. The van der Waals surface area contributed by atoms with Crippen molar-refractivity contribution in [3.05, 3.63) is 35.0 Å². The van der Waals surface area contributed by atoms with E-state index in [1.54, 1.807) is 12.1 Å². The molecule has 1 N–H and O–H groups in total. The molecule has 1 heterocycles. The number of carbonyl (C=O) groups is 1. The van der Waals surface area contributed by atoms with Gasteiger partial charge in [-0.2, -0.15) is 0 Å². The van der Waals surface area contributed by atoms with Crippen LogP contribution in [0.15, 0.2) is 24.3 Å². The highest BCUT2D eigenvalue weighted by Gasteiger charge is 2.33. The number of aromatic hydroxyl groups is 1. The molecule has 1 aliphatic rings. The minimum atomic E-state index is -0.364. The van der Waals surface area contributed by atoms with Gasteiger partial charge in [0, 0.05) is 11.5 Å². The van der Waals surface area contributed by atoms with E-state index in [1.165, 1.54) is 12.1 Å². The highest BCUT2D eigenvalue weighted by molar-refractivity contribution is 7.17. The number of rotatable bonds is 3. The van der Waals surface area contributed by atoms with Gasteiger partial charge < -0.3 is 5.11 Å². The van der Waals surface area contributed by atoms with Crippen LogP contribution in [0.4, 0.5) is 4.39 Å². The van der Waals surface area contributed by atoms with Gasteiger partial charge in [0.25, 0.3) is 0 Å². The van der Waals surface area contributed by atoms with Gasteiger partial charge in [-0.05, 0) is 25.0 Å². The van der Waals surface area contributed by atoms with E-state index in [1.807, 2.05) is 0 Å². The van der Waals surface area contributed by atoms with Crippen molar-refractivity contribution in [3.8, 4) is 16.5 Å². The summed E-state index contributed by atoms with van der Waals surface area (Å²) in [6.45, 7) is 0. The Morgan fingerprint density at radius 2 is 2.22 bits per heavy atom. The van der Waals surface area contributed by atoms with Crippen molar-refractivity contribution >= 4 is 17.1 Å². The normalized spacial score (nSPS) is 14.7. The van der Waals surface area contributed by atoms with Gasteiger partial charge in [-0.3, -0.25) is 4.79 Å². The summed E-state index contributed by atoms with van der Waals surface area (Å²) in [6.07, 6.45) is 1.76. The molecule has 0 saturated heterocycles. The van der Waals surface area contributed by atoms with Crippen molar-refractivity contribution in [1.82, 2.24) is 4.98 Å². The summed E-state index contributed by atoms with van der Waals surface area (Å²) in [5, 5.41) is 10.2. The quantitative estimate of drug-likeness (QED) is 0.865. The van der Waals surface area contributed by atoms with E-state index in [9.17, 15) is 14.3 Å². The summed E-state index contributed by atoms with van der Waals surface area (Å²) < 4.78 is 13.1. The smallest absolute Gasteiger partial charge is 0.233 e. The predicted octanol–water partition coefficient (Wildman–Crippen LogP) is 3.25. The fraction of sp³-hybridized carbons (Fsp3) is 0.231. The second kappa shape index (κ2) is 4.17. The number of Topliss-reactive ketones (excluding diaryl/α,β-unsaturated/α-hetero) is 1. The van der Waals surface area contributed by atoms with Crippen molar-refractivity contribution < 1.29 is 14.3 Å². The number of hydrogen-bond donors (Lipinski definition) is 1. The maximum absolute atomic E-state index is 13.1. The molecule has 3 nitrogen and oxygen atoms in total. The molecule has 92 valence electrons. The molecule has 1 saturated carbocycles. The SMILES string of the molecule is O=C(c1sc(-c2cccc(F)c2)nc1O)C1CC1. The summed E-state index contributed by atoms with van der Waals surface area (Å²) in [4.78, 5) is 16.1. The zero-order chi connectivity index (χ0) is 12.7. The lowest BCUT2D eigenvalue weighted by atomic mass is 10.2. The van der Waals surface area contributed by atoms with Gasteiger partial charge >= 0.3 is 0 Å². The first-order chi connectivity index (χ1) is 8.65. The summed E-state index contributed by atoms with van der Waals surface area (Å²) in [5.41, 5.74) is 0.574. The number of ketones is 1. The lowest BCUT2D eigenvalue weighted by molar-refractivity contribution is 0.0969. The predicted molar refractivity (Wildman–Crippen MR) is 66.2 cm³/mol. The van der Waals surface area contributed by atoms with Crippen molar-refractivity contribution in [2.24, 2.45) is 5.92 Å². The first-order valence-electron chi connectivity index (χ1n) is 5.65. The van der Waals surface area contributed by atoms with E-state index in [-0.39, 0.29) is 28.3 Å². The second-order valence-corrected chi connectivity index (χ2v) is 5.32. The Bertz CT molecular complexity index is 619. The second-order valence-electron chi connectivity index (χ2n) is 4.32. The molecule has 0 unspecified atom stereocenters. The van der Waals surface area contributed by atoms with Crippen molar-refractivity contribution in [3.63, 3.8) is 0 Å². The molecule has 18 heavy (non-hydrogen) atoms. The largest absolute Gasteiger partial charge is 0.492 e. The molecule has 0 amide bonds. The van der Waals surface area contributed by atoms with Crippen molar-refractivity contribution in [2.45, 2.75) is 12.8 Å². The number of halogens is 1. The van der Waals surface area contributed by atoms with Crippen LogP contribution in [0.2, 0.25) is 0 Å². The molecule has 0 spiro atoms. The summed E-state index contributed by atoms with van der Waals surface area (Å²) in [7, 11) is 0. The Balaban J connectivity index is 1.99. The minimum Gasteiger partial charge on any atom is -0.492 e. The van der Waals surface area contributed by atoms with Crippen LogP contribution in [0, 0.1) is 11.7 Å². The van der Waals surface area contributed by atoms with Crippen LogP contribution >= 0.6 is 11.3 Å². The molecule has 1 fully saturated rings. The molecule has 1 aliphatic carbocycles. The number of benzene rings is 1. The van der Waals surface area contributed by atoms with Crippen LogP contribution in [0.25, 0.3) is 10.6 Å². The van der Waals surface area contributed by atoms with Crippen LogP contribution < -0.4 is 0 Å². The molecule has 0 aliphatic heterocycles. The van der Waals surface area contributed by atoms with Crippen molar-refractivity contribution in [1.29, 1.82) is 0 Å². The van der Waals surface area contributed by atoms with E-state index in [0.29, 0.717) is 10.6 Å². The maximum atomic E-state index is 13.1. The Morgan fingerprint density at radius 1 is 1.44 bits per heavy atom. The molecule has 1 aromatic carbocycles.